The smallest absolute Gasteiger partial charge is 0.0493 e. The first-order valence-corrected chi connectivity index (χ1v) is 5.89. The summed E-state index contributed by atoms with van der Waals surface area (Å²) in [5, 5.41) is 0. The van der Waals surface area contributed by atoms with Gasteiger partial charge in [0.1, 0.15) is 0 Å². The lowest BCUT2D eigenvalue weighted by molar-refractivity contribution is 0.246. The molecular formula is C12H21N. The molecular weight excluding hydrogens is 158 g/mol. The highest BCUT2D eigenvalue weighted by Gasteiger charge is 2.32. The fraction of sp³-hybridized carbons (Fsp3) is 0.917. The molecule has 0 amide bonds. The Hall–Kier alpha value is -0.330. The molecule has 74 valence electrons. The van der Waals surface area contributed by atoms with E-state index < -0.39 is 0 Å². The fourth-order valence-electron chi connectivity index (χ4n) is 2.80. The van der Waals surface area contributed by atoms with Crippen LogP contribution >= 0.6 is 0 Å². The molecule has 2 rings (SSSR count). The third-order valence-electron chi connectivity index (χ3n) is 3.86. The Morgan fingerprint density at radius 2 is 2.00 bits per heavy atom. The zero-order chi connectivity index (χ0) is 9.15. The van der Waals surface area contributed by atoms with Crippen LogP contribution in [0.3, 0.4) is 0 Å². The number of hydrogen-bond donors (Lipinski definition) is 0. The highest BCUT2D eigenvalue weighted by atomic mass is 14.8. The maximum atomic E-state index is 4.70. The topological polar surface area (TPSA) is 12.4 Å². The Kier molecular flexibility index (Phi) is 2.71. The third-order valence-corrected chi connectivity index (χ3v) is 3.86. The van der Waals surface area contributed by atoms with E-state index in [9.17, 15) is 0 Å². The minimum atomic E-state index is 0.546. The van der Waals surface area contributed by atoms with Crippen molar-refractivity contribution < 1.29 is 0 Å². The predicted octanol–water partition coefficient (Wildman–Crippen LogP) is 3.58. The Labute approximate surface area is 81.6 Å². The van der Waals surface area contributed by atoms with E-state index in [-0.39, 0.29) is 0 Å². The summed E-state index contributed by atoms with van der Waals surface area (Å²) in [5.74, 6) is 0. The zero-order valence-electron chi connectivity index (χ0n) is 8.76. The molecule has 1 spiro atoms. The normalized spacial score (nSPS) is 32.2. The first kappa shape index (κ1) is 9.23. The van der Waals surface area contributed by atoms with Gasteiger partial charge in [0.25, 0.3) is 0 Å². The summed E-state index contributed by atoms with van der Waals surface area (Å²) in [5.41, 5.74) is 0.546. The van der Waals surface area contributed by atoms with Crippen LogP contribution in [0.4, 0.5) is 0 Å². The van der Waals surface area contributed by atoms with Gasteiger partial charge < -0.3 is 0 Å². The van der Waals surface area contributed by atoms with Crippen LogP contribution in [-0.4, -0.2) is 12.3 Å². The zero-order valence-corrected chi connectivity index (χ0v) is 8.76. The summed E-state index contributed by atoms with van der Waals surface area (Å²) in [6.07, 6.45) is 13.4. The monoisotopic (exact) mass is 179 g/mol. The summed E-state index contributed by atoms with van der Waals surface area (Å²) in [6, 6.07) is 0.646. The second kappa shape index (κ2) is 3.81. The van der Waals surface area contributed by atoms with Crippen molar-refractivity contribution in [2.24, 2.45) is 10.4 Å². The van der Waals surface area contributed by atoms with Crippen LogP contribution in [0.2, 0.25) is 0 Å². The van der Waals surface area contributed by atoms with E-state index in [1.54, 1.807) is 0 Å². The second-order valence-corrected chi connectivity index (χ2v) is 4.80. The maximum absolute atomic E-state index is 4.70. The van der Waals surface area contributed by atoms with E-state index in [0.29, 0.717) is 11.5 Å². The molecule has 1 aliphatic heterocycles. The van der Waals surface area contributed by atoms with Gasteiger partial charge in [-0.05, 0) is 32.1 Å². The first-order chi connectivity index (χ1) is 6.35. The van der Waals surface area contributed by atoms with Crippen molar-refractivity contribution in [3.05, 3.63) is 0 Å². The van der Waals surface area contributed by atoms with Gasteiger partial charge in [-0.2, -0.15) is 0 Å². The van der Waals surface area contributed by atoms with Gasteiger partial charge in [-0.25, -0.2) is 0 Å². The fourth-order valence-corrected chi connectivity index (χ4v) is 2.80. The Morgan fingerprint density at radius 1 is 1.23 bits per heavy atom. The summed E-state index contributed by atoms with van der Waals surface area (Å²) in [7, 11) is 0. The quantitative estimate of drug-likeness (QED) is 0.583. The van der Waals surface area contributed by atoms with Crippen LogP contribution in [0.1, 0.15) is 58.3 Å². The van der Waals surface area contributed by atoms with Gasteiger partial charge in [-0.1, -0.05) is 26.2 Å². The molecule has 0 saturated heterocycles. The molecule has 0 unspecified atom stereocenters. The van der Waals surface area contributed by atoms with Crippen LogP contribution < -0.4 is 0 Å². The Balaban J connectivity index is 2.00. The number of nitrogens with zero attached hydrogens (tertiary/aromatic N) is 1. The van der Waals surface area contributed by atoms with Crippen LogP contribution in [0.25, 0.3) is 0 Å². The molecule has 1 fully saturated rings. The molecule has 0 aromatic carbocycles. The Bertz CT molecular complexity index is 189. The lowest BCUT2D eigenvalue weighted by Gasteiger charge is -2.37. The minimum absolute atomic E-state index is 0.546. The molecule has 1 nitrogen and oxygen atoms in total. The van der Waals surface area contributed by atoms with Crippen molar-refractivity contribution >= 4 is 6.21 Å². The summed E-state index contributed by atoms with van der Waals surface area (Å²) in [6.45, 7) is 2.25. The second-order valence-electron chi connectivity index (χ2n) is 4.80. The van der Waals surface area contributed by atoms with Crippen LogP contribution in [0.15, 0.2) is 4.99 Å². The van der Waals surface area contributed by atoms with Gasteiger partial charge in [-0.15, -0.1) is 0 Å². The summed E-state index contributed by atoms with van der Waals surface area (Å²) >= 11 is 0. The van der Waals surface area contributed by atoms with Crippen molar-refractivity contribution in [3.63, 3.8) is 0 Å². The highest BCUT2D eigenvalue weighted by Crippen LogP contribution is 2.41. The van der Waals surface area contributed by atoms with Crippen molar-refractivity contribution in [3.8, 4) is 0 Å². The van der Waals surface area contributed by atoms with E-state index in [2.05, 4.69) is 13.1 Å². The summed E-state index contributed by atoms with van der Waals surface area (Å²) in [4.78, 5) is 4.70. The van der Waals surface area contributed by atoms with E-state index in [1.165, 1.54) is 51.4 Å². The average molecular weight is 179 g/mol. The lowest BCUT2D eigenvalue weighted by atomic mass is 9.70. The van der Waals surface area contributed by atoms with Gasteiger partial charge in [0.05, 0.1) is 0 Å². The van der Waals surface area contributed by atoms with Gasteiger partial charge in [-0.3, -0.25) is 4.99 Å². The molecule has 1 atom stereocenters. The van der Waals surface area contributed by atoms with E-state index in [4.69, 9.17) is 4.99 Å². The summed E-state index contributed by atoms with van der Waals surface area (Å²) < 4.78 is 0. The molecule has 1 heterocycles. The van der Waals surface area contributed by atoms with Crippen molar-refractivity contribution in [1.29, 1.82) is 0 Å². The SMILES string of the molecule is CC[C@H]1CCC2(C=N1)CCCCC2. The maximum Gasteiger partial charge on any atom is 0.0493 e. The predicted molar refractivity (Wildman–Crippen MR) is 57.3 cm³/mol. The number of aliphatic imine (C=N–C) groups is 1. The van der Waals surface area contributed by atoms with Gasteiger partial charge in [0, 0.05) is 17.7 Å². The minimum Gasteiger partial charge on any atom is -0.294 e. The Morgan fingerprint density at radius 3 is 2.54 bits per heavy atom. The van der Waals surface area contributed by atoms with E-state index in [0.717, 1.165) is 0 Å². The van der Waals surface area contributed by atoms with E-state index >= 15 is 0 Å². The molecule has 1 aliphatic carbocycles. The van der Waals surface area contributed by atoms with Crippen molar-refractivity contribution in [2.75, 3.05) is 0 Å². The molecule has 0 aromatic heterocycles. The van der Waals surface area contributed by atoms with Crippen molar-refractivity contribution in [2.45, 2.75) is 64.3 Å². The standard InChI is InChI=1S/C12H21N/c1-2-11-6-9-12(10-13-11)7-4-3-5-8-12/h10-11H,2-9H2,1H3/t11-/m0/s1. The molecule has 0 aromatic rings. The largest absolute Gasteiger partial charge is 0.294 e. The van der Waals surface area contributed by atoms with Crippen LogP contribution in [0, 0.1) is 5.41 Å². The molecule has 13 heavy (non-hydrogen) atoms. The molecule has 0 N–H and O–H groups in total. The molecule has 1 heteroatoms. The van der Waals surface area contributed by atoms with Crippen LogP contribution in [0.5, 0.6) is 0 Å². The third kappa shape index (κ3) is 1.95. The average Bonchev–Trinajstić information content (AvgIpc) is 2.20. The first-order valence-electron chi connectivity index (χ1n) is 5.89. The highest BCUT2D eigenvalue weighted by molar-refractivity contribution is 5.67. The van der Waals surface area contributed by atoms with Gasteiger partial charge in [0.2, 0.25) is 0 Å². The molecule has 0 bridgehead atoms. The molecule has 1 saturated carbocycles. The lowest BCUT2D eigenvalue weighted by Crippen LogP contribution is -2.31. The molecule has 2 aliphatic rings. The number of hydrogen-bond acceptors (Lipinski definition) is 1. The van der Waals surface area contributed by atoms with E-state index in [1.807, 2.05) is 0 Å². The number of rotatable bonds is 1. The molecule has 0 radical (unpaired) electrons. The van der Waals surface area contributed by atoms with Crippen molar-refractivity contribution in [1.82, 2.24) is 0 Å². The van der Waals surface area contributed by atoms with Crippen LogP contribution in [-0.2, 0) is 0 Å². The van der Waals surface area contributed by atoms with Gasteiger partial charge >= 0.3 is 0 Å². The van der Waals surface area contributed by atoms with Gasteiger partial charge in [0.15, 0.2) is 0 Å².